The van der Waals surface area contributed by atoms with Gasteiger partial charge in [0, 0.05) is 11.9 Å². The Balaban J connectivity index is 1.80. The molecule has 0 aliphatic rings. The average molecular weight is 365 g/mol. The summed E-state index contributed by atoms with van der Waals surface area (Å²) < 4.78 is 7.29. The standard InChI is InChI=1S/C21H23N3O3/c1-14(2)12-24-17-10-6-5-9-16(17)20(21(24)26)23-22-19(25)13-27-18-11-7-4-8-15(18)3/h4-11,14,26H,12-13H2,1-3H3. The summed E-state index contributed by atoms with van der Waals surface area (Å²) in [5, 5.41) is 19.1. The first-order valence-electron chi connectivity index (χ1n) is 8.90. The Kier molecular flexibility index (Phi) is 5.54. The van der Waals surface area contributed by atoms with Crippen molar-refractivity contribution in [3.05, 3.63) is 54.1 Å². The molecule has 0 radical (unpaired) electrons. The Labute approximate surface area is 158 Å². The molecule has 0 aliphatic heterocycles. The molecule has 1 amide bonds. The average Bonchev–Trinajstić information content (AvgIpc) is 2.90. The SMILES string of the molecule is Cc1ccccc1OCC(=O)N=Nc1c(O)n(CC(C)C)c2ccccc12. The number of amides is 1. The number of rotatable bonds is 6. The fourth-order valence-electron chi connectivity index (χ4n) is 2.91. The van der Waals surface area contributed by atoms with Gasteiger partial charge in [-0.05, 0) is 30.5 Å². The third-order valence-electron chi connectivity index (χ3n) is 4.17. The van der Waals surface area contributed by atoms with E-state index in [2.05, 4.69) is 24.1 Å². The molecule has 1 heterocycles. The van der Waals surface area contributed by atoms with Crippen LogP contribution in [0.1, 0.15) is 19.4 Å². The fourth-order valence-corrected chi connectivity index (χ4v) is 2.91. The van der Waals surface area contributed by atoms with E-state index in [1.807, 2.05) is 49.4 Å². The van der Waals surface area contributed by atoms with Crippen molar-refractivity contribution in [2.75, 3.05) is 6.61 Å². The molecule has 0 fully saturated rings. The lowest BCUT2D eigenvalue weighted by Gasteiger charge is -2.09. The van der Waals surface area contributed by atoms with Crippen molar-refractivity contribution in [2.24, 2.45) is 16.1 Å². The number of azo groups is 1. The smallest absolute Gasteiger partial charge is 0.302 e. The number of carbonyl (C=O) groups is 1. The van der Waals surface area contributed by atoms with Crippen LogP contribution in [0.2, 0.25) is 0 Å². The minimum Gasteiger partial charge on any atom is -0.493 e. The molecule has 1 N–H and O–H groups in total. The van der Waals surface area contributed by atoms with Gasteiger partial charge in [0.1, 0.15) is 5.75 Å². The largest absolute Gasteiger partial charge is 0.493 e. The summed E-state index contributed by atoms with van der Waals surface area (Å²) in [6, 6.07) is 15.0. The maximum Gasteiger partial charge on any atom is 0.302 e. The molecule has 140 valence electrons. The van der Waals surface area contributed by atoms with Gasteiger partial charge in [-0.3, -0.25) is 4.79 Å². The molecule has 6 heteroatoms. The van der Waals surface area contributed by atoms with Crippen molar-refractivity contribution in [1.82, 2.24) is 4.57 Å². The highest BCUT2D eigenvalue weighted by molar-refractivity contribution is 5.95. The summed E-state index contributed by atoms with van der Waals surface area (Å²) in [6.45, 7) is 6.48. The van der Waals surface area contributed by atoms with E-state index in [1.54, 1.807) is 10.6 Å². The number of ether oxygens (including phenoxy) is 1. The molecule has 27 heavy (non-hydrogen) atoms. The molecule has 6 nitrogen and oxygen atoms in total. The molecule has 0 saturated carbocycles. The number of carbonyl (C=O) groups excluding carboxylic acids is 1. The lowest BCUT2D eigenvalue weighted by atomic mass is 10.2. The predicted molar refractivity (Wildman–Crippen MR) is 105 cm³/mol. The van der Waals surface area contributed by atoms with Gasteiger partial charge in [0.15, 0.2) is 12.3 Å². The van der Waals surface area contributed by atoms with Crippen LogP contribution < -0.4 is 4.74 Å². The van der Waals surface area contributed by atoms with E-state index in [-0.39, 0.29) is 12.5 Å². The van der Waals surface area contributed by atoms with Crippen LogP contribution in [0.5, 0.6) is 11.6 Å². The molecule has 0 aliphatic carbocycles. The second kappa shape index (κ2) is 8.03. The highest BCUT2D eigenvalue weighted by atomic mass is 16.5. The van der Waals surface area contributed by atoms with Gasteiger partial charge in [0.05, 0.1) is 5.52 Å². The van der Waals surface area contributed by atoms with Crippen molar-refractivity contribution in [3.8, 4) is 11.6 Å². The summed E-state index contributed by atoms with van der Waals surface area (Å²) in [5.74, 6) is 0.484. The zero-order valence-corrected chi connectivity index (χ0v) is 15.7. The first-order valence-corrected chi connectivity index (χ1v) is 8.90. The number of aromatic nitrogens is 1. The van der Waals surface area contributed by atoms with Gasteiger partial charge < -0.3 is 14.4 Å². The van der Waals surface area contributed by atoms with E-state index in [9.17, 15) is 9.90 Å². The van der Waals surface area contributed by atoms with Gasteiger partial charge >= 0.3 is 5.91 Å². The van der Waals surface area contributed by atoms with Crippen LogP contribution in [0.15, 0.2) is 58.8 Å². The Morgan fingerprint density at radius 2 is 1.85 bits per heavy atom. The van der Waals surface area contributed by atoms with E-state index < -0.39 is 5.91 Å². The molecule has 0 unspecified atom stereocenters. The van der Waals surface area contributed by atoms with Crippen LogP contribution in [-0.2, 0) is 11.3 Å². The fraction of sp³-hybridized carbons (Fsp3) is 0.286. The summed E-state index contributed by atoms with van der Waals surface area (Å²) in [4.78, 5) is 12.1. The molecule has 3 rings (SSSR count). The number of para-hydroxylation sites is 2. The number of benzene rings is 2. The second-order valence-electron chi connectivity index (χ2n) is 6.84. The Morgan fingerprint density at radius 3 is 2.59 bits per heavy atom. The highest BCUT2D eigenvalue weighted by Crippen LogP contribution is 2.39. The molecule has 0 atom stereocenters. The van der Waals surface area contributed by atoms with Crippen LogP contribution in [0.4, 0.5) is 5.69 Å². The number of fused-ring (bicyclic) bond motifs is 1. The van der Waals surface area contributed by atoms with Crippen LogP contribution in [0.3, 0.4) is 0 Å². The van der Waals surface area contributed by atoms with Crippen molar-refractivity contribution >= 4 is 22.5 Å². The third-order valence-corrected chi connectivity index (χ3v) is 4.17. The van der Waals surface area contributed by atoms with Crippen LogP contribution in [0.25, 0.3) is 10.9 Å². The monoisotopic (exact) mass is 365 g/mol. The molecule has 3 aromatic rings. The number of aryl methyl sites for hydroxylation is 1. The Morgan fingerprint density at radius 1 is 1.15 bits per heavy atom. The zero-order chi connectivity index (χ0) is 19.4. The second-order valence-corrected chi connectivity index (χ2v) is 6.84. The molecule has 1 aromatic heterocycles. The van der Waals surface area contributed by atoms with Crippen molar-refractivity contribution in [3.63, 3.8) is 0 Å². The molecule has 0 spiro atoms. The Bertz CT molecular complexity index is 990. The van der Waals surface area contributed by atoms with Crippen LogP contribution in [0, 0.1) is 12.8 Å². The van der Waals surface area contributed by atoms with Crippen LogP contribution in [-0.4, -0.2) is 22.2 Å². The van der Waals surface area contributed by atoms with Gasteiger partial charge in [-0.25, -0.2) is 0 Å². The van der Waals surface area contributed by atoms with Gasteiger partial charge in [-0.2, -0.15) is 0 Å². The summed E-state index contributed by atoms with van der Waals surface area (Å²) in [7, 11) is 0. The summed E-state index contributed by atoms with van der Waals surface area (Å²) in [5.41, 5.74) is 2.10. The quantitative estimate of drug-likeness (QED) is 0.625. The maximum atomic E-state index is 12.1. The van der Waals surface area contributed by atoms with E-state index in [0.29, 0.717) is 23.9 Å². The molecular formula is C21H23N3O3. The van der Waals surface area contributed by atoms with Crippen LogP contribution >= 0.6 is 0 Å². The topological polar surface area (TPSA) is 76.2 Å². The zero-order valence-electron chi connectivity index (χ0n) is 15.7. The van der Waals surface area contributed by atoms with Gasteiger partial charge in [-0.1, -0.05) is 50.2 Å². The van der Waals surface area contributed by atoms with E-state index in [1.165, 1.54) is 0 Å². The third kappa shape index (κ3) is 4.16. The predicted octanol–water partition coefficient (Wildman–Crippen LogP) is 5.00. The van der Waals surface area contributed by atoms with Crippen molar-refractivity contribution in [1.29, 1.82) is 0 Å². The molecular weight excluding hydrogens is 342 g/mol. The highest BCUT2D eigenvalue weighted by Gasteiger charge is 2.17. The molecule has 0 saturated heterocycles. The number of nitrogens with zero attached hydrogens (tertiary/aromatic N) is 3. The van der Waals surface area contributed by atoms with Gasteiger partial charge in [0.25, 0.3) is 0 Å². The first-order chi connectivity index (χ1) is 13.0. The lowest BCUT2D eigenvalue weighted by molar-refractivity contribution is -0.120. The maximum absolute atomic E-state index is 12.1. The minimum atomic E-state index is -0.515. The molecule has 0 bridgehead atoms. The number of aromatic hydroxyl groups is 1. The minimum absolute atomic E-state index is 0.0151. The Hall–Kier alpha value is -3.15. The van der Waals surface area contributed by atoms with E-state index >= 15 is 0 Å². The lowest BCUT2D eigenvalue weighted by Crippen LogP contribution is -2.08. The number of hydrogen-bond acceptors (Lipinski definition) is 4. The van der Waals surface area contributed by atoms with E-state index in [0.717, 1.165) is 16.5 Å². The summed E-state index contributed by atoms with van der Waals surface area (Å²) >= 11 is 0. The molecule has 2 aromatic carbocycles. The normalized spacial score (nSPS) is 11.6. The van der Waals surface area contributed by atoms with E-state index in [4.69, 9.17) is 4.74 Å². The first kappa shape index (κ1) is 18.6. The summed E-state index contributed by atoms with van der Waals surface area (Å²) in [6.07, 6.45) is 0. The van der Waals surface area contributed by atoms with Crippen molar-refractivity contribution in [2.45, 2.75) is 27.3 Å². The van der Waals surface area contributed by atoms with Gasteiger partial charge in [-0.15, -0.1) is 10.2 Å². The number of hydrogen-bond donors (Lipinski definition) is 1. The van der Waals surface area contributed by atoms with Gasteiger partial charge in [0.2, 0.25) is 5.88 Å². The van der Waals surface area contributed by atoms with Crippen molar-refractivity contribution < 1.29 is 14.6 Å².